The lowest BCUT2D eigenvalue weighted by Crippen LogP contribution is -2.33. The van der Waals surface area contributed by atoms with Gasteiger partial charge in [0.1, 0.15) is 0 Å². The van der Waals surface area contributed by atoms with E-state index in [1.807, 2.05) is 0 Å². The maximum atomic E-state index is 12.0. The first-order valence-corrected chi connectivity index (χ1v) is 8.10. The van der Waals surface area contributed by atoms with Crippen molar-refractivity contribution in [3.63, 3.8) is 0 Å². The fourth-order valence-corrected chi connectivity index (χ4v) is 3.52. The van der Waals surface area contributed by atoms with Crippen LogP contribution in [0.15, 0.2) is 24.3 Å². The van der Waals surface area contributed by atoms with E-state index in [2.05, 4.69) is 34.5 Å². The highest BCUT2D eigenvalue weighted by atomic mass is 16.1. The van der Waals surface area contributed by atoms with E-state index in [4.69, 9.17) is 5.73 Å². The zero-order valence-corrected chi connectivity index (χ0v) is 12.6. The van der Waals surface area contributed by atoms with E-state index in [1.54, 1.807) is 0 Å². The fourth-order valence-electron chi connectivity index (χ4n) is 3.52. The van der Waals surface area contributed by atoms with Crippen LogP contribution >= 0.6 is 0 Å². The second kappa shape index (κ2) is 6.48. The summed E-state index contributed by atoms with van der Waals surface area (Å²) in [5, 5.41) is 3.07. The molecule has 1 aromatic carbocycles. The van der Waals surface area contributed by atoms with Crippen molar-refractivity contribution in [2.24, 2.45) is 11.7 Å². The molecular weight excluding hydrogens is 262 g/mol. The third-order valence-corrected chi connectivity index (χ3v) is 4.73. The van der Waals surface area contributed by atoms with Crippen LogP contribution in [-0.2, 0) is 11.2 Å². The monoisotopic (exact) mass is 287 g/mol. The first kappa shape index (κ1) is 14.4. The van der Waals surface area contributed by atoms with Gasteiger partial charge in [-0.25, -0.2) is 0 Å². The molecule has 0 radical (unpaired) electrons. The summed E-state index contributed by atoms with van der Waals surface area (Å²) in [6, 6.07) is 8.83. The van der Waals surface area contributed by atoms with Crippen molar-refractivity contribution in [1.82, 2.24) is 5.32 Å². The molecular formula is C17H25N3O. The average molecular weight is 287 g/mol. The van der Waals surface area contributed by atoms with Crippen LogP contribution in [0.25, 0.3) is 0 Å². The van der Waals surface area contributed by atoms with E-state index in [9.17, 15) is 4.79 Å². The smallest absolute Gasteiger partial charge is 0.223 e. The molecule has 1 heterocycles. The number of nitrogens with zero attached hydrogens (tertiary/aromatic N) is 1. The summed E-state index contributed by atoms with van der Waals surface area (Å²) >= 11 is 0. The molecule has 1 fully saturated rings. The Bertz CT molecular complexity index is 503. The lowest BCUT2D eigenvalue weighted by Gasteiger charge is -2.19. The van der Waals surface area contributed by atoms with E-state index in [-0.39, 0.29) is 17.9 Å². The van der Waals surface area contributed by atoms with E-state index in [0.717, 1.165) is 51.7 Å². The summed E-state index contributed by atoms with van der Waals surface area (Å²) in [6.07, 6.45) is 4.93. The van der Waals surface area contributed by atoms with Crippen molar-refractivity contribution >= 4 is 11.6 Å². The van der Waals surface area contributed by atoms with Gasteiger partial charge in [0, 0.05) is 37.3 Å². The molecule has 114 valence electrons. The summed E-state index contributed by atoms with van der Waals surface area (Å²) in [7, 11) is 0. The molecule has 0 saturated heterocycles. The zero-order chi connectivity index (χ0) is 14.7. The Morgan fingerprint density at radius 1 is 1.33 bits per heavy atom. The first-order valence-electron chi connectivity index (χ1n) is 8.10. The molecule has 0 bridgehead atoms. The SMILES string of the molecule is NC1CCC(C(=O)NCCCN2CCc3ccccc32)C1. The number of hydrogen-bond donors (Lipinski definition) is 2. The predicted octanol–water partition coefficient (Wildman–Crippen LogP) is 1.68. The van der Waals surface area contributed by atoms with Gasteiger partial charge in [0.2, 0.25) is 5.91 Å². The second-order valence-electron chi connectivity index (χ2n) is 6.28. The first-order chi connectivity index (χ1) is 10.2. The van der Waals surface area contributed by atoms with Gasteiger partial charge in [-0.05, 0) is 43.7 Å². The van der Waals surface area contributed by atoms with Crippen molar-refractivity contribution in [1.29, 1.82) is 0 Å². The average Bonchev–Trinajstić information content (AvgIpc) is 3.10. The van der Waals surface area contributed by atoms with Crippen molar-refractivity contribution in [3.8, 4) is 0 Å². The number of carbonyl (C=O) groups is 1. The largest absolute Gasteiger partial charge is 0.371 e. The normalized spacial score (nSPS) is 24.1. The Balaban J connectivity index is 1.38. The molecule has 4 heteroatoms. The Kier molecular flexibility index (Phi) is 4.44. The number of para-hydroxylation sites is 1. The van der Waals surface area contributed by atoms with Gasteiger partial charge in [-0.15, -0.1) is 0 Å². The molecule has 1 aliphatic carbocycles. The molecule has 1 amide bonds. The molecule has 1 saturated carbocycles. The molecule has 2 unspecified atom stereocenters. The molecule has 1 aliphatic heterocycles. The van der Waals surface area contributed by atoms with Crippen LogP contribution in [-0.4, -0.2) is 31.6 Å². The molecule has 3 N–H and O–H groups in total. The summed E-state index contributed by atoms with van der Waals surface area (Å²) < 4.78 is 0. The summed E-state index contributed by atoms with van der Waals surface area (Å²) in [5.41, 5.74) is 8.67. The topological polar surface area (TPSA) is 58.4 Å². The Labute approximate surface area is 126 Å². The number of benzene rings is 1. The van der Waals surface area contributed by atoms with E-state index < -0.39 is 0 Å². The van der Waals surface area contributed by atoms with Crippen LogP contribution < -0.4 is 16.0 Å². The highest BCUT2D eigenvalue weighted by Crippen LogP contribution is 2.27. The Morgan fingerprint density at radius 2 is 2.19 bits per heavy atom. The van der Waals surface area contributed by atoms with Gasteiger partial charge in [-0.3, -0.25) is 4.79 Å². The van der Waals surface area contributed by atoms with Gasteiger partial charge in [0.05, 0.1) is 0 Å². The second-order valence-corrected chi connectivity index (χ2v) is 6.28. The predicted molar refractivity (Wildman–Crippen MR) is 85.3 cm³/mol. The quantitative estimate of drug-likeness (QED) is 0.810. The molecule has 4 nitrogen and oxygen atoms in total. The van der Waals surface area contributed by atoms with Gasteiger partial charge in [0.25, 0.3) is 0 Å². The van der Waals surface area contributed by atoms with Crippen molar-refractivity contribution in [2.75, 3.05) is 24.5 Å². The number of nitrogens with one attached hydrogen (secondary N) is 1. The molecule has 3 rings (SSSR count). The van der Waals surface area contributed by atoms with Gasteiger partial charge in [-0.1, -0.05) is 18.2 Å². The molecule has 0 spiro atoms. The number of fused-ring (bicyclic) bond motifs is 1. The van der Waals surface area contributed by atoms with Crippen molar-refractivity contribution in [3.05, 3.63) is 29.8 Å². The number of carbonyl (C=O) groups excluding carboxylic acids is 1. The standard InChI is InChI=1S/C17H25N3O/c18-15-7-6-14(12-15)17(21)19-9-3-10-20-11-8-13-4-1-2-5-16(13)20/h1-2,4-5,14-15H,3,6-12,18H2,(H,19,21). The van der Waals surface area contributed by atoms with E-state index in [1.165, 1.54) is 11.3 Å². The third kappa shape index (κ3) is 3.38. The number of anilines is 1. The fraction of sp³-hybridized carbons (Fsp3) is 0.588. The minimum Gasteiger partial charge on any atom is -0.371 e. The van der Waals surface area contributed by atoms with Crippen LogP contribution in [0.2, 0.25) is 0 Å². The van der Waals surface area contributed by atoms with Crippen LogP contribution in [0.3, 0.4) is 0 Å². The number of amides is 1. The summed E-state index contributed by atoms with van der Waals surface area (Å²) in [6.45, 7) is 2.88. The molecule has 2 atom stereocenters. The zero-order valence-electron chi connectivity index (χ0n) is 12.6. The summed E-state index contributed by atoms with van der Waals surface area (Å²) in [5.74, 6) is 0.345. The molecule has 1 aromatic rings. The van der Waals surface area contributed by atoms with Gasteiger partial charge in [-0.2, -0.15) is 0 Å². The van der Waals surface area contributed by atoms with E-state index >= 15 is 0 Å². The maximum Gasteiger partial charge on any atom is 0.223 e. The van der Waals surface area contributed by atoms with Gasteiger partial charge < -0.3 is 16.0 Å². The summed E-state index contributed by atoms with van der Waals surface area (Å²) in [4.78, 5) is 14.4. The van der Waals surface area contributed by atoms with Gasteiger partial charge >= 0.3 is 0 Å². The molecule has 2 aliphatic rings. The third-order valence-electron chi connectivity index (χ3n) is 4.73. The number of nitrogens with two attached hydrogens (primary N) is 1. The highest BCUT2D eigenvalue weighted by Gasteiger charge is 2.27. The van der Waals surface area contributed by atoms with Gasteiger partial charge in [0.15, 0.2) is 0 Å². The number of hydrogen-bond acceptors (Lipinski definition) is 3. The van der Waals surface area contributed by atoms with Crippen LogP contribution in [0.4, 0.5) is 5.69 Å². The lowest BCUT2D eigenvalue weighted by molar-refractivity contribution is -0.124. The highest BCUT2D eigenvalue weighted by molar-refractivity contribution is 5.78. The Hall–Kier alpha value is -1.55. The maximum absolute atomic E-state index is 12.0. The number of rotatable bonds is 5. The minimum atomic E-state index is 0.146. The molecule has 21 heavy (non-hydrogen) atoms. The molecule has 0 aromatic heterocycles. The Morgan fingerprint density at radius 3 is 3.00 bits per heavy atom. The minimum absolute atomic E-state index is 0.146. The van der Waals surface area contributed by atoms with Crippen LogP contribution in [0, 0.1) is 5.92 Å². The van der Waals surface area contributed by atoms with Crippen molar-refractivity contribution in [2.45, 2.75) is 38.1 Å². The van der Waals surface area contributed by atoms with Crippen molar-refractivity contribution < 1.29 is 4.79 Å². The van der Waals surface area contributed by atoms with Crippen LogP contribution in [0.5, 0.6) is 0 Å². The van der Waals surface area contributed by atoms with Crippen LogP contribution in [0.1, 0.15) is 31.2 Å². The van der Waals surface area contributed by atoms with E-state index in [0.29, 0.717) is 0 Å². The lowest BCUT2D eigenvalue weighted by atomic mass is 10.1.